The molecule has 0 radical (unpaired) electrons. The van der Waals surface area contributed by atoms with E-state index in [0.29, 0.717) is 24.2 Å². The number of piperidine rings is 1. The molecule has 1 heterocycles. The summed E-state index contributed by atoms with van der Waals surface area (Å²) in [6.45, 7) is 0.871. The molecule has 0 aliphatic carbocycles. The molecule has 2 aromatic carbocycles. The number of rotatable bonds is 5. The fourth-order valence-corrected chi connectivity index (χ4v) is 5.05. The maximum absolute atomic E-state index is 12.9. The van der Waals surface area contributed by atoms with Gasteiger partial charge in [-0.25, -0.2) is 13.2 Å². The number of hydrogen-bond donors (Lipinski definition) is 0. The van der Waals surface area contributed by atoms with E-state index < -0.39 is 16.0 Å². The van der Waals surface area contributed by atoms with Crippen molar-refractivity contribution in [2.24, 2.45) is 0 Å². The molecular weight excluding hydrogens is 400 g/mol. The summed E-state index contributed by atoms with van der Waals surface area (Å²) in [5, 5.41) is 9.00. The van der Waals surface area contributed by atoms with E-state index in [1.54, 1.807) is 24.3 Å². The Morgan fingerprint density at radius 1 is 1.14 bits per heavy atom. The maximum atomic E-state index is 12.9. The highest BCUT2D eigenvalue weighted by Crippen LogP contribution is 2.28. The Bertz CT molecular complexity index is 1020. The normalized spacial score (nSPS) is 15.0. The van der Waals surface area contributed by atoms with Crippen molar-refractivity contribution >= 4 is 27.6 Å². The molecule has 0 amide bonds. The number of sulfonamides is 1. The van der Waals surface area contributed by atoms with E-state index in [2.05, 4.69) is 0 Å². The SMILES string of the molecule is N#Cc1cccc(COC(=O)c2ccc(Cl)c(S(=O)(=O)N3CCCCC3)c2)c1. The van der Waals surface area contributed by atoms with Crippen LogP contribution in [0.1, 0.15) is 40.7 Å². The molecule has 0 bridgehead atoms. The second-order valence-corrected chi connectivity index (χ2v) is 8.81. The standard InChI is InChI=1S/C20H19ClN2O4S/c21-18-8-7-17(12-19(18)28(25,26)23-9-2-1-3-10-23)20(24)27-14-16-6-4-5-15(11-16)13-22/h4-8,11-12H,1-3,9-10,14H2. The minimum absolute atomic E-state index is 0.0226. The molecule has 6 nitrogen and oxygen atoms in total. The van der Waals surface area contributed by atoms with Gasteiger partial charge in [0, 0.05) is 13.1 Å². The Hall–Kier alpha value is -2.40. The summed E-state index contributed by atoms with van der Waals surface area (Å²) in [5.41, 5.74) is 1.24. The molecule has 0 unspecified atom stereocenters. The number of ether oxygens (including phenoxy) is 1. The monoisotopic (exact) mass is 418 g/mol. The van der Waals surface area contributed by atoms with Crippen molar-refractivity contribution < 1.29 is 17.9 Å². The van der Waals surface area contributed by atoms with Crippen LogP contribution >= 0.6 is 11.6 Å². The van der Waals surface area contributed by atoms with Gasteiger partial charge in [-0.05, 0) is 48.7 Å². The first-order chi connectivity index (χ1) is 13.4. The fraction of sp³-hybridized carbons (Fsp3) is 0.300. The molecule has 1 aliphatic rings. The number of benzene rings is 2. The maximum Gasteiger partial charge on any atom is 0.338 e. The first kappa shape index (κ1) is 20.3. The van der Waals surface area contributed by atoms with Crippen molar-refractivity contribution in [3.63, 3.8) is 0 Å². The molecular formula is C20H19ClN2O4S. The minimum atomic E-state index is -3.77. The molecule has 1 aliphatic heterocycles. The molecule has 1 saturated heterocycles. The number of carbonyl (C=O) groups is 1. The highest BCUT2D eigenvalue weighted by atomic mass is 35.5. The largest absolute Gasteiger partial charge is 0.457 e. The van der Waals surface area contributed by atoms with Gasteiger partial charge in [-0.2, -0.15) is 9.57 Å². The Balaban J connectivity index is 1.78. The van der Waals surface area contributed by atoms with Crippen molar-refractivity contribution in [2.45, 2.75) is 30.8 Å². The highest BCUT2D eigenvalue weighted by molar-refractivity contribution is 7.89. The molecule has 146 valence electrons. The van der Waals surface area contributed by atoms with Crippen LogP contribution in [0.4, 0.5) is 0 Å². The van der Waals surface area contributed by atoms with E-state index in [9.17, 15) is 13.2 Å². The van der Waals surface area contributed by atoms with Gasteiger partial charge < -0.3 is 4.74 Å². The predicted molar refractivity (Wildman–Crippen MR) is 104 cm³/mol. The molecule has 3 rings (SSSR count). The van der Waals surface area contributed by atoms with Crippen LogP contribution in [0.15, 0.2) is 47.4 Å². The second kappa shape index (κ2) is 8.74. The van der Waals surface area contributed by atoms with E-state index in [1.165, 1.54) is 22.5 Å². The van der Waals surface area contributed by atoms with Gasteiger partial charge in [0.2, 0.25) is 10.0 Å². The Morgan fingerprint density at radius 3 is 2.61 bits per heavy atom. The van der Waals surface area contributed by atoms with Gasteiger partial charge in [0.25, 0.3) is 0 Å². The summed E-state index contributed by atoms with van der Waals surface area (Å²) in [5.74, 6) is -0.658. The summed E-state index contributed by atoms with van der Waals surface area (Å²) >= 11 is 6.12. The summed E-state index contributed by atoms with van der Waals surface area (Å²) in [4.78, 5) is 12.3. The van der Waals surface area contributed by atoms with Crippen LogP contribution in [0.2, 0.25) is 5.02 Å². The average molecular weight is 419 g/mol. The van der Waals surface area contributed by atoms with Gasteiger partial charge in [0.05, 0.1) is 22.2 Å². The summed E-state index contributed by atoms with van der Waals surface area (Å²) in [6, 6.07) is 12.8. The topological polar surface area (TPSA) is 87.5 Å². The van der Waals surface area contributed by atoms with Crippen molar-refractivity contribution in [1.82, 2.24) is 4.31 Å². The van der Waals surface area contributed by atoms with E-state index >= 15 is 0 Å². The first-order valence-electron chi connectivity index (χ1n) is 8.87. The summed E-state index contributed by atoms with van der Waals surface area (Å²) < 4.78 is 32.5. The van der Waals surface area contributed by atoms with Gasteiger partial charge in [-0.15, -0.1) is 0 Å². The third kappa shape index (κ3) is 4.53. The molecule has 0 spiro atoms. The molecule has 0 N–H and O–H groups in total. The minimum Gasteiger partial charge on any atom is -0.457 e. The number of carbonyl (C=O) groups excluding carboxylic acids is 1. The average Bonchev–Trinajstić information content (AvgIpc) is 2.73. The van der Waals surface area contributed by atoms with E-state index in [-0.39, 0.29) is 22.1 Å². The molecule has 0 aromatic heterocycles. The molecule has 0 atom stereocenters. The van der Waals surface area contributed by atoms with Gasteiger partial charge in [0.1, 0.15) is 11.5 Å². The quantitative estimate of drug-likeness (QED) is 0.690. The summed E-state index contributed by atoms with van der Waals surface area (Å²) in [7, 11) is -3.77. The van der Waals surface area contributed by atoms with Gasteiger partial charge >= 0.3 is 5.97 Å². The zero-order valence-corrected chi connectivity index (χ0v) is 16.7. The second-order valence-electron chi connectivity index (χ2n) is 6.50. The molecule has 1 fully saturated rings. The number of halogens is 1. The van der Waals surface area contributed by atoms with Crippen LogP contribution in [0.5, 0.6) is 0 Å². The van der Waals surface area contributed by atoms with Crippen LogP contribution in [0, 0.1) is 11.3 Å². The number of nitrogens with zero attached hydrogens (tertiary/aromatic N) is 2. The lowest BCUT2D eigenvalue weighted by atomic mass is 10.1. The van der Waals surface area contributed by atoms with E-state index in [4.69, 9.17) is 21.6 Å². The van der Waals surface area contributed by atoms with Crippen LogP contribution in [-0.2, 0) is 21.4 Å². The third-order valence-electron chi connectivity index (χ3n) is 4.53. The molecule has 8 heteroatoms. The third-order valence-corrected chi connectivity index (χ3v) is 6.91. The van der Waals surface area contributed by atoms with Gasteiger partial charge in [-0.1, -0.05) is 30.2 Å². The lowest BCUT2D eigenvalue weighted by molar-refractivity contribution is 0.0472. The Labute approximate surface area is 169 Å². The van der Waals surface area contributed by atoms with Gasteiger partial charge in [0.15, 0.2) is 0 Å². The highest BCUT2D eigenvalue weighted by Gasteiger charge is 2.29. The summed E-state index contributed by atoms with van der Waals surface area (Å²) in [6.07, 6.45) is 2.61. The smallest absolute Gasteiger partial charge is 0.338 e. The molecule has 28 heavy (non-hydrogen) atoms. The Morgan fingerprint density at radius 2 is 1.89 bits per heavy atom. The lowest BCUT2D eigenvalue weighted by Crippen LogP contribution is -2.35. The number of hydrogen-bond acceptors (Lipinski definition) is 5. The lowest BCUT2D eigenvalue weighted by Gasteiger charge is -2.26. The number of esters is 1. The first-order valence-corrected chi connectivity index (χ1v) is 10.7. The van der Waals surface area contributed by atoms with E-state index in [0.717, 1.165) is 19.3 Å². The molecule has 0 saturated carbocycles. The fourth-order valence-electron chi connectivity index (χ4n) is 3.04. The number of nitriles is 1. The predicted octanol–water partition coefficient (Wildman–Crippen LogP) is 3.74. The molecule has 2 aromatic rings. The van der Waals surface area contributed by atoms with Crippen LogP contribution < -0.4 is 0 Å². The zero-order chi connectivity index (χ0) is 20.1. The van der Waals surface area contributed by atoms with Crippen LogP contribution in [0.25, 0.3) is 0 Å². The van der Waals surface area contributed by atoms with Crippen LogP contribution in [0.3, 0.4) is 0 Å². The van der Waals surface area contributed by atoms with Crippen molar-refractivity contribution in [1.29, 1.82) is 5.26 Å². The van der Waals surface area contributed by atoms with Crippen molar-refractivity contribution in [3.8, 4) is 6.07 Å². The van der Waals surface area contributed by atoms with Gasteiger partial charge in [-0.3, -0.25) is 0 Å². The Kier molecular flexibility index (Phi) is 6.35. The van der Waals surface area contributed by atoms with Crippen LogP contribution in [-0.4, -0.2) is 31.8 Å². The van der Waals surface area contributed by atoms with Crippen molar-refractivity contribution in [3.05, 3.63) is 64.2 Å². The zero-order valence-electron chi connectivity index (χ0n) is 15.1. The van der Waals surface area contributed by atoms with Crippen molar-refractivity contribution in [2.75, 3.05) is 13.1 Å². The van der Waals surface area contributed by atoms with E-state index in [1.807, 2.05) is 6.07 Å².